The van der Waals surface area contributed by atoms with Gasteiger partial charge in [0.1, 0.15) is 6.04 Å². The molecule has 0 bridgehead atoms. The molecule has 0 amide bonds. The van der Waals surface area contributed by atoms with Gasteiger partial charge >= 0.3 is 5.97 Å². The van der Waals surface area contributed by atoms with Crippen LogP contribution in [0.1, 0.15) is 12.8 Å². The maximum Gasteiger partial charge on any atom is 0.320 e. The molecule has 0 aliphatic heterocycles. The summed E-state index contributed by atoms with van der Waals surface area (Å²) in [5, 5.41) is 8.38. The third kappa shape index (κ3) is 9.48. The molecular formula is C6H14InN4O2. The van der Waals surface area contributed by atoms with Gasteiger partial charge in [-0.2, -0.15) is 0 Å². The molecule has 13 heavy (non-hydrogen) atoms. The zero-order chi connectivity index (χ0) is 9.56. The standard InChI is InChI=1S/C6H14N4O2.In/c7-4(5(11)12)2-1-3-10-6(8)9;/h4H,1-3,7H2,(H,11,12)(H4,8,9,10);/t4-;/m0./s1. The molecule has 0 aliphatic rings. The summed E-state index contributed by atoms with van der Waals surface area (Å²) in [6.45, 7) is 0.420. The fraction of sp³-hybridized carbons (Fsp3) is 0.667. The topological polar surface area (TPSA) is 128 Å². The first-order valence-corrected chi connectivity index (χ1v) is 3.58. The first-order chi connectivity index (χ1) is 5.54. The summed E-state index contributed by atoms with van der Waals surface area (Å²) >= 11 is 0. The van der Waals surface area contributed by atoms with E-state index < -0.39 is 12.0 Å². The van der Waals surface area contributed by atoms with Gasteiger partial charge in [-0.1, -0.05) is 0 Å². The van der Waals surface area contributed by atoms with Crippen LogP contribution in [-0.2, 0) is 4.79 Å². The van der Waals surface area contributed by atoms with Crippen molar-refractivity contribution >= 4 is 37.8 Å². The van der Waals surface area contributed by atoms with Crippen LogP contribution >= 0.6 is 0 Å². The number of nitrogens with zero attached hydrogens (tertiary/aromatic N) is 1. The van der Waals surface area contributed by atoms with E-state index in [1.807, 2.05) is 0 Å². The van der Waals surface area contributed by atoms with Crippen molar-refractivity contribution in [1.82, 2.24) is 0 Å². The molecule has 0 heterocycles. The van der Waals surface area contributed by atoms with Crippen LogP contribution in [-0.4, -0.2) is 55.5 Å². The van der Waals surface area contributed by atoms with Gasteiger partial charge in [-0.25, -0.2) is 0 Å². The Bertz CT molecular complexity index is 181. The summed E-state index contributed by atoms with van der Waals surface area (Å²) in [5.41, 5.74) is 15.3. The van der Waals surface area contributed by atoms with Crippen LogP contribution in [0.2, 0.25) is 0 Å². The first kappa shape index (κ1) is 15.1. The molecule has 3 radical (unpaired) electrons. The second kappa shape index (κ2) is 8.18. The molecule has 0 aromatic heterocycles. The van der Waals surface area contributed by atoms with Crippen LogP contribution in [0.25, 0.3) is 0 Å². The number of hydrogen-bond donors (Lipinski definition) is 4. The predicted octanol–water partition coefficient (Wildman–Crippen LogP) is -1.93. The second-order valence-corrected chi connectivity index (χ2v) is 2.39. The summed E-state index contributed by atoms with van der Waals surface area (Å²) in [6, 6.07) is -0.820. The normalized spacial score (nSPS) is 11.2. The van der Waals surface area contributed by atoms with Gasteiger partial charge in [0.05, 0.1) is 0 Å². The van der Waals surface area contributed by atoms with Crippen molar-refractivity contribution in [3.8, 4) is 0 Å². The molecule has 0 fully saturated rings. The Morgan fingerprint density at radius 1 is 1.46 bits per heavy atom. The van der Waals surface area contributed by atoms with Crippen LogP contribution in [0.15, 0.2) is 4.99 Å². The van der Waals surface area contributed by atoms with Gasteiger partial charge < -0.3 is 22.3 Å². The minimum Gasteiger partial charge on any atom is -0.480 e. The number of hydrogen-bond acceptors (Lipinski definition) is 3. The molecule has 0 aliphatic carbocycles. The Labute approximate surface area is 95.3 Å². The van der Waals surface area contributed by atoms with Crippen LogP contribution in [0.5, 0.6) is 0 Å². The number of carboxylic acids is 1. The van der Waals surface area contributed by atoms with Gasteiger partial charge in [-0.3, -0.25) is 9.79 Å². The molecule has 0 aromatic carbocycles. The Morgan fingerprint density at radius 2 is 2.00 bits per heavy atom. The van der Waals surface area contributed by atoms with Crippen molar-refractivity contribution < 1.29 is 9.90 Å². The van der Waals surface area contributed by atoms with Gasteiger partial charge in [0.15, 0.2) is 5.96 Å². The molecule has 0 spiro atoms. The number of guanidine groups is 1. The molecule has 73 valence electrons. The molecule has 1 atom stereocenters. The maximum absolute atomic E-state index is 10.2. The quantitative estimate of drug-likeness (QED) is 0.266. The number of carboxylic acid groups (broad SMARTS) is 1. The van der Waals surface area contributed by atoms with Crippen molar-refractivity contribution in [2.45, 2.75) is 18.9 Å². The molecule has 0 aromatic rings. The minimum absolute atomic E-state index is 0. The van der Waals surface area contributed by atoms with E-state index in [0.29, 0.717) is 19.4 Å². The van der Waals surface area contributed by atoms with E-state index >= 15 is 0 Å². The van der Waals surface area contributed by atoms with Crippen molar-refractivity contribution in [3.05, 3.63) is 0 Å². The van der Waals surface area contributed by atoms with Gasteiger partial charge in [0, 0.05) is 32.4 Å². The first-order valence-electron chi connectivity index (χ1n) is 3.58. The van der Waals surface area contributed by atoms with Crippen molar-refractivity contribution in [2.75, 3.05) is 6.54 Å². The Morgan fingerprint density at radius 3 is 2.38 bits per heavy atom. The Balaban J connectivity index is 0. The second-order valence-electron chi connectivity index (χ2n) is 2.39. The zero-order valence-corrected chi connectivity index (χ0v) is 10.6. The number of rotatable bonds is 5. The average Bonchev–Trinajstić information content (AvgIpc) is 1.97. The van der Waals surface area contributed by atoms with Crippen LogP contribution in [0.3, 0.4) is 0 Å². The molecule has 7 N–H and O–H groups in total. The molecule has 7 heteroatoms. The summed E-state index contributed by atoms with van der Waals surface area (Å²) in [4.78, 5) is 13.9. The third-order valence-corrected chi connectivity index (χ3v) is 1.28. The molecule has 0 unspecified atom stereocenters. The van der Waals surface area contributed by atoms with Crippen molar-refractivity contribution in [2.24, 2.45) is 22.2 Å². The van der Waals surface area contributed by atoms with Crippen LogP contribution in [0.4, 0.5) is 0 Å². The van der Waals surface area contributed by atoms with E-state index in [-0.39, 0.29) is 31.8 Å². The SMILES string of the molecule is NC(N)=NCCC[C@H](N)C(=O)O.[In]. The summed E-state index contributed by atoms with van der Waals surface area (Å²) < 4.78 is 0. The van der Waals surface area contributed by atoms with E-state index in [1.165, 1.54) is 0 Å². The maximum atomic E-state index is 10.2. The minimum atomic E-state index is -1.00. The summed E-state index contributed by atoms with van der Waals surface area (Å²) in [7, 11) is 0. The van der Waals surface area contributed by atoms with Gasteiger partial charge in [-0.05, 0) is 12.8 Å². The molecule has 0 rings (SSSR count). The summed E-state index contributed by atoms with van der Waals surface area (Å²) in [5.74, 6) is -0.987. The predicted molar refractivity (Wildman–Crippen MR) is 51.3 cm³/mol. The van der Waals surface area contributed by atoms with Gasteiger partial charge in [0.2, 0.25) is 0 Å². The molecule has 0 saturated heterocycles. The van der Waals surface area contributed by atoms with Crippen LogP contribution < -0.4 is 17.2 Å². The smallest absolute Gasteiger partial charge is 0.320 e. The average molecular weight is 289 g/mol. The van der Waals surface area contributed by atoms with Crippen molar-refractivity contribution in [1.29, 1.82) is 0 Å². The fourth-order valence-corrected chi connectivity index (χ4v) is 0.643. The molecule has 0 saturated carbocycles. The summed E-state index contributed by atoms with van der Waals surface area (Å²) in [6.07, 6.45) is 0.956. The zero-order valence-electron chi connectivity index (χ0n) is 7.31. The number of aliphatic imine (C=N–C) groups is 1. The Hall–Kier alpha value is -0.430. The fourth-order valence-electron chi connectivity index (χ4n) is 0.643. The van der Waals surface area contributed by atoms with E-state index in [4.69, 9.17) is 22.3 Å². The molecular weight excluding hydrogens is 275 g/mol. The van der Waals surface area contributed by atoms with Crippen LogP contribution in [0, 0.1) is 0 Å². The molecule has 6 nitrogen and oxygen atoms in total. The van der Waals surface area contributed by atoms with E-state index in [9.17, 15) is 4.79 Å². The van der Waals surface area contributed by atoms with Gasteiger partial charge in [0.25, 0.3) is 0 Å². The Kier molecular flexibility index (Phi) is 9.48. The number of aliphatic carboxylic acids is 1. The largest absolute Gasteiger partial charge is 0.480 e. The van der Waals surface area contributed by atoms with Gasteiger partial charge in [-0.15, -0.1) is 0 Å². The van der Waals surface area contributed by atoms with E-state index in [2.05, 4.69) is 4.99 Å². The van der Waals surface area contributed by atoms with E-state index in [0.717, 1.165) is 0 Å². The van der Waals surface area contributed by atoms with E-state index in [1.54, 1.807) is 0 Å². The number of nitrogens with two attached hydrogens (primary N) is 3. The monoisotopic (exact) mass is 289 g/mol. The van der Waals surface area contributed by atoms with Crippen molar-refractivity contribution in [3.63, 3.8) is 0 Å². The third-order valence-electron chi connectivity index (χ3n) is 1.28. The number of carbonyl (C=O) groups is 1.